The highest BCUT2D eigenvalue weighted by Crippen LogP contribution is 2.33. The molecule has 0 spiro atoms. The molecule has 3 heterocycles. The second-order valence-corrected chi connectivity index (χ2v) is 10.3. The molecule has 0 bridgehead atoms. The van der Waals surface area contributed by atoms with E-state index in [1.165, 1.54) is 0 Å². The summed E-state index contributed by atoms with van der Waals surface area (Å²) in [7, 11) is 0. The second-order valence-electron chi connectivity index (χ2n) is 9.35. The summed E-state index contributed by atoms with van der Waals surface area (Å²) in [4.78, 5) is 29.9. The molecule has 0 saturated carbocycles. The summed E-state index contributed by atoms with van der Waals surface area (Å²) in [5, 5.41) is 9.74. The third-order valence-electron chi connectivity index (χ3n) is 5.64. The molecule has 1 aliphatic rings. The molecular weight excluding hydrogens is 408 g/mol. The molecule has 0 aliphatic carbocycles. The number of carbonyl (C=O) groups excluding carboxylic acids is 2. The van der Waals surface area contributed by atoms with E-state index in [2.05, 4.69) is 10.4 Å². The molecule has 1 N–H and O–H groups in total. The molecule has 3 aromatic rings. The van der Waals surface area contributed by atoms with Gasteiger partial charge in [0.15, 0.2) is 0 Å². The predicted molar refractivity (Wildman–Crippen MR) is 123 cm³/mol. The van der Waals surface area contributed by atoms with Gasteiger partial charge in [-0.3, -0.25) is 14.3 Å². The lowest BCUT2D eigenvalue weighted by Crippen LogP contribution is -2.65. The summed E-state index contributed by atoms with van der Waals surface area (Å²) in [6.45, 7) is 10.3. The van der Waals surface area contributed by atoms with Crippen LogP contribution in [0.4, 0.5) is 0 Å². The number of fused-ring (bicyclic) bond motifs is 1. The van der Waals surface area contributed by atoms with E-state index in [1.807, 2.05) is 82.5 Å². The van der Waals surface area contributed by atoms with Gasteiger partial charge in [0.1, 0.15) is 16.9 Å². The summed E-state index contributed by atoms with van der Waals surface area (Å²) in [5.41, 5.74) is 1.90. The minimum Gasteiger partial charge on any atom is -0.349 e. The van der Waals surface area contributed by atoms with Crippen molar-refractivity contribution in [2.45, 2.75) is 58.8 Å². The minimum atomic E-state index is -1.07. The molecular formula is C24H28N4O2S. The smallest absolute Gasteiger partial charge is 0.273 e. The number of aromatic nitrogens is 2. The highest BCUT2D eigenvalue weighted by molar-refractivity contribution is 7.13. The van der Waals surface area contributed by atoms with Crippen LogP contribution in [-0.4, -0.2) is 37.6 Å². The Kier molecular flexibility index (Phi) is 5.25. The van der Waals surface area contributed by atoms with E-state index in [9.17, 15) is 9.59 Å². The fraction of sp³-hybridized carbons (Fsp3) is 0.375. The van der Waals surface area contributed by atoms with E-state index in [4.69, 9.17) is 0 Å². The topological polar surface area (TPSA) is 67.2 Å². The van der Waals surface area contributed by atoms with Gasteiger partial charge in [0.05, 0.1) is 11.4 Å². The molecule has 0 fully saturated rings. The van der Waals surface area contributed by atoms with Gasteiger partial charge in [-0.15, -0.1) is 11.3 Å². The van der Waals surface area contributed by atoms with Gasteiger partial charge in [-0.2, -0.15) is 5.10 Å². The van der Waals surface area contributed by atoms with Gasteiger partial charge in [0.2, 0.25) is 5.91 Å². The van der Waals surface area contributed by atoms with Crippen molar-refractivity contribution < 1.29 is 9.59 Å². The molecule has 6 nitrogen and oxygen atoms in total. The van der Waals surface area contributed by atoms with Gasteiger partial charge in [-0.05, 0) is 63.3 Å². The lowest BCUT2D eigenvalue weighted by atomic mass is 9.92. The fourth-order valence-corrected chi connectivity index (χ4v) is 4.55. The van der Waals surface area contributed by atoms with E-state index in [0.29, 0.717) is 18.8 Å². The van der Waals surface area contributed by atoms with Crippen LogP contribution in [0.25, 0.3) is 10.6 Å². The van der Waals surface area contributed by atoms with Gasteiger partial charge >= 0.3 is 0 Å². The van der Waals surface area contributed by atoms with Gasteiger partial charge in [0.25, 0.3) is 5.91 Å². The third-order valence-corrected chi connectivity index (χ3v) is 6.53. The molecule has 1 unspecified atom stereocenters. The molecule has 7 heteroatoms. The van der Waals surface area contributed by atoms with Crippen LogP contribution < -0.4 is 5.32 Å². The highest BCUT2D eigenvalue weighted by Gasteiger charge is 2.48. The Balaban J connectivity index is 1.78. The van der Waals surface area contributed by atoms with Crippen LogP contribution in [0.3, 0.4) is 0 Å². The van der Waals surface area contributed by atoms with Crippen LogP contribution >= 0.6 is 11.3 Å². The van der Waals surface area contributed by atoms with Crippen molar-refractivity contribution in [3.63, 3.8) is 0 Å². The van der Waals surface area contributed by atoms with Crippen LogP contribution in [-0.2, 0) is 17.9 Å². The first kappa shape index (κ1) is 21.3. The Morgan fingerprint density at radius 1 is 1.23 bits per heavy atom. The van der Waals surface area contributed by atoms with Crippen LogP contribution in [0.2, 0.25) is 0 Å². The Hall–Kier alpha value is -2.93. The minimum absolute atomic E-state index is 0.180. The van der Waals surface area contributed by atoms with E-state index < -0.39 is 11.1 Å². The summed E-state index contributed by atoms with van der Waals surface area (Å²) in [6.07, 6.45) is 0. The maximum atomic E-state index is 13.7. The van der Waals surface area contributed by atoms with Crippen molar-refractivity contribution in [1.82, 2.24) is 20.0 Å². The Morgan fingerprint density at radius 2 is 1.97 bits per heavy atom. The highest BCUT2D eigenvalue weighted by atomic mass is 32.1. The summed E-state index contributed by atoms with van der Waals surface area (Å²) in [5.74, 6) is -0.364. The van der Waals surface area contributed by atoms with Gasteiger partial charge in [-0.1, -0.05) is 30.3 Å². The van der Waals surface area contributed by atoms with Crippen LogP contribution in [0.15, 0.2) is 47.8 Å². The summed E-state index contributed by atoms with van der Waals surface area (Å²) < 4.78 is 1.69. The number of carbonyl (C=O) groups is 2. The number of nitrogens with zero attached hydrogens (tertiary/aromatic N) is 3. The number of amides is 2. The van der Waals surface area contributed by atoms with Crippen molar-refractivity contribution in [3.8, 4) is 10.6 Å². The molecule has 162 valence electrons. The van der Waals surface area contributed by atoms with Crippen molar-refractivity contribution >= 4 is 23.2 Å². The predicted octanol–water partition coefficient (Wildman–Crippen LogP) is 4.25. The largest absolute Gasteiger partial charge is 0.349 e. The van der Waals surface area contributed by atoms with E-state index in [0.717, 1.165) is 21.7 Å². The number of rotatable bonds is 4. The van der Waals surface area contributed by atoms with Gasteiger partial charge in [0, 0.05) is 12.1 Å². The molecule has 1 atom stereocenters. The first-order chi connectivity index (χ1) is 14.6. The normalized spacial score (nSPS) is 18.7. The van der Waals surface area contributed by atoms with E-state index in [1.54, 1.807) is 20.9 Å². The molecule has 2 aromatic heterocycles. The van der Waals surface area contributed by atoms with Crippen LogP contribution in [0.5, 0.6) is 0 Å². The molecule has 4 rings (SSSR count). The SMILES string of the molecule is Cc1ccccc1CN1C(=O)c2cc(-c3cccs3)nn2CC1(C)C(=O)NC(C)(C)C. The molecule has 1 aromatic carbocycles. The van der Waals surface area contributed by atoms with Gasteiger partial charge in [-0.25, -0.2) is 0 Å². The first-order valence-corrected chi connectivity index (χ1v) is 11.3. The number of thiophene rings is 1. The zero-order chi connectivity index (χ0) is 22.4. The first-order valence-electron chi connectivity index (χ1n) is 10.4. The number of benzene rings is 1. The monoisotopic (exact) mass is 436 g/mol. The molecule has 0 radical (unpaired) electrons. The van der Waals surface area contributed by atoms with Crippen LogP contribution in [0, 0.1) is 6.92 Å². The summed E-state index contributed by atoms with van der Waals surface area (Å²) >= 11 is 1.58. The van der Waals surface area contributed by atoms with Crippen molar-refractivity contribution in [1.29, 1.82) is 0 Å². The maximum Gasteiger partial charge on any atom is 0.273 e. The average Bonchev–Trinajstić information content (AvgIpc) is 3.34. The fourth-order valence-electron chi connectivity index (χ4n) is 3.87. The second kappa shape index (κ2) is 7.64. The molecule has 0 saturated heterocycles. The zero-order valence-corrected chi connectivity index (χ0v) is 19.4. The molecule has 31 heavy (non-hydrogen) atoms. The standard InChI is InChI=1S/C24H28N4O2S/c1-16-9-6-7-10-17(16)14-27-21(29)19-13-18(20-11-8-12-31-20)26-28(19)15-24(27,5)22(30)25-23(2,3)4/h6-13H,14-15H2,1-5H3,(H,25,30). The van der Waals surface area contributed by atoms with Crippen molar-refractivity contribution in [3.05, 3.63) is 64.7 Å². The average molecular weight is 437 g/mol. The Morgan fingerprint density at radius 3 is 2.61 bits per heavy atom. The molecule has 2 amide bonds. The zero-order valence-electron chi connectivity index (χ0n) is 18.6. The molecule has 1 aliphatic heterocycles. The van der Waals surface area contributed by atoms with E-state index in [-0.39, 0.29) is 11.8 Å². The van der Waals surface area contributed by atoms with Gasteiger partial charge < -0.3 is 10.2 Å². The number of aryl methyl sites for hydroxylation is 1. The number of nitrogens with one attached hydrogen (secondary N) is 1. The Labute approximate surface area is 186 Å². The third kappa shape index (κ3) is 4.02. The Bertz CT molecular complexity index is 1130. The maximum absolute atomic E-state index is 13.7. The van der Waals surface area contributed by atoms with Crippen molar-refractivity contribution in [2.75, 3.05) is 0 Å². The lowest BCUT2D eigenvalue weighted by Gasteiger charge is -2.44. The van der Waals surface area contributed by atoms with Crippen molar-refractivity contribution in [2.24, 2.45) is 0 Å². The van der Waals surface area contributed by atoms with Crippen LogP contribution in [0.1, 0.15) is 49.3 Å². The number of hydrogen-bond acceptors (Lipinski definition) is 4. The number of hydrogen-bond donors (Lipinski definition) is 1. The lowest BCUT2D eigenvalue weighted by molar-refractivity contribution is -0.135. The quantitative estimate of drug-likeness (QED) is 0.665. The summed E-state index contributed by atoms with van der Waals surface area (Å²) in [6, 6.07) is 13.8. The van der Waals surface area contributed by atoms with E-state index >= 15 is 0 Å².